The van der Waals surface area contributed by atoms with Crippen molar-refractivity contribution in [2.45, 2.75) is 19.9 Å². The lowest BCUT2D eigenvalue weighted by molar-refractivity contribution is -0.139. The summed E-state index contributed by atoms with van der Waals surface area (Å²) in [5.74, 6) is 0.983. The molecule has 0 saturated carbocycles. The highest BCUT2D eigenvalue weighted by molar-refractivity contribution is 7.10. The molecule has 1 saturated heterocycles. The van der Waals surface area contributed by atoms with Gasteiger partial charge in [-0.05, 0) is 38.4 Å². The molecule has 3 aromatic heterocycles. The minimum absolute atomic E-state index is 0.200. The van der Waals surface area contributed by atoms with Gasteiger partial charge in [-0.2, -0.15) is 0 Å². The summed E-state index contributed by atoms with van der Waals surface area (Å²) >= 11 is 2.80. The van der Waals surface area contributed by atoms with Gasteiger partial charge in [0.2, 0.25) is 0 Å². The highest BCUT2D eigenvalue weighted by Gasteiger charge is 2.33. The number of furan rings is 1. The third kappa shape index (κ3) is 4.17. The summed E-state index contributed by atoms with van der Waals surface area (Å²) in [7, 11) is 2.11. The van der Waals surface area contributed by atoms with Crippen molar-refractivity contribution in [3.05, 3.63) is 71.2 Å². The summed E-state index contributed by atoms with van der Waals surface area (Å²) < 4.78 is 13.5. The van der Waals surface area contributed by atoms with E-state index in [0.29, 0.717) is 26.4 Å². The van der Waals surface area contributed by atoms with Crippen molar-refractivity contribution in [3.63, 3.8) is 0 Å². The van der Waals surface area contributed by atoms with Gasteiger partial charge in [0.1, 0.15) is 11.8 Å². The van der Waals surface area contributed by atoms with Crippen LogP contribution in [0, 0.1) is 0 Å². The van der Waals surface area contributed by atoms with Gasteiger partial charge < -0.3 is 19.0 Å². The Morgan fingerprint density at radius 3 is 2.76 bits per heavy atom. The second-order valence-electron chi connectivity index (χ2n) is 8.28. The van der Waals surface area contributed by atoms with Crippen LogP contribution in [0.2, 0.25) is 0 Å². The average molecular weight is 499 g/mol. The van der Waals surface area contributed by atoms with Crippen LogP contribution in [0.5, 0.6) is 0 Å². The molecule has 2 aliphatic heterocycles. The number of thiazole rings is 1. The molecule has 0 aliphatic carbocycles. The third-order valence-corrected chi connectivity index (χ3v) is 7.94. The van der Waals surface area contributed by atoms with Crippen molar-refractivity contribution in [1.82, 2.24) is 9.47 Å². The molecule has 178 valence electrons. The van der Waals surface area contributed by atoms with Crippen molar-refractivity contribution in [2.75, 3.05) is 44.7 Å². The Hall–Kier alpha value is -2.95. The molecule has 5 rings (SSSR count). The second-order valence-corrected chi connectivity index (χ2v) is 10.3. The minimum Gasteiger partial charge on any atom is -0.463 e. The number of rotatable bonds is 5. The van der Waals surface area contributed by atoms with Crippen LogP contribution < -0.4 is 19.8 Å². The number of allylic oxidation sites excluding steroid dienone is 1. The summed E-state index contributed by atoms with van der Waals surface area (Å²) in [6.45, 7) is 7.59. The number of nitrogens with zero attached hydrogens (tertiary/aromatic N) is 4. The highest BCUT2D eigenvalue weighted by atomic mass is 32.1. The van der Waals surface area contributed by atoms with Gasteiger partial charge >= 0.3 is 5.97 Å². The lowest BCUT2D eigenvalue weighted by atomic mass is 10.0. The SMILES string of the molecule is CCOC(=O)C1=C(C)N=c2sc(=Cc3ccc(N4CCN(C)CC4)o3)c(=O)n2[C@@H]1c1cccs1. The normalized spacial score (nSPS) is 19.3. The summed E-state index contributed by atoms with van der Waals surface area (Å²) in [5.41, 5.74) is 0.771. The number of piperazine rings is 1. The fraction of sp³-hybridized carbons (Fsp3) is 0.375. The van der Waals surface area contributed by atoms with Gasteiger partial charge in [0, 0.05) is 43.2 Å². The molecule has 8 nitrogen and oxygen atoms in total. The first-order valence-electron chi connectivity index (χ1n) is 11.2. The first-order chi connectivity index (χ1) is 16.5. The Bertz CT molecular complexity index is 1410. The van der Waals surface area contributed by atoms with E-state index in [-0.39, 0.29) is 12.2 Å². The van der Waals surface area contributed by atoms with Gasteiger partial charge in [0.15, 0.2) is 10.7 Å². The molecular weight excluding hydrogens is 472 g/mol. The number of hydrogen-bond donors (Lipinski definition) is 0. The van der Waals surface area contributed by atoms with Crippen molar-refractivity contribution in [2.24, 2.45) is 4.99 Å². The Morgan fingerprint density at radius 2 is 2.06 bits per heavy atom. The second kappa shape index (κ2) is 9.36. The first kappa shape index (κ1) is 22.8. The standard InChI is InChI=1S/C24H26N4O4S2/c1-4-31-23(30)20-15(2)25-24-28(21(20)17-6-5-13-33-17)22(29)18(34-24)14-16-7-8-19(32-16)27-11-9-26(3)10-12-27/h5-8,13-14,21H,4,9-12H2,1-3H3/t21-/m1/s1. The lowest BCUT2D eigenvalue weighted by Crippen LogP contribution is -2.44. The van der Waals surface area contributed by atoms with Crippen LogP contribution in [-0.4, -0.2) is 55.3 Å². The molecule has 2 aliphatic rings. The first-order valence-corrected chi connectivity index (χ1v) is 12.9. The predicted octanol–water partition coefficient (Wildman–Crippen LogP) is 2.20. The number of esters is 1. The van der Waals surface area contributed by atoms with Crippen LogP contribution in [0.1, 0.15) is 30.5 Å². The number of carbonyl (C=O) groups excluding carboxylic acids is 1. The Kier molecular flexibility index (Phi) is 6.28. The molecule has 0 N–H and O–H groups in total. The molecule has 0 amide bonds. The molecule has 1 atom stereocenters. The summed E-state index contributed by atoms with van der Waals surface area (Å²) in [4.78, 5) is 36.9. The van der Waals surface area contributed by atoms with Gasteiger partial charge in [-0.25, -0.2) is 9.79 Å². The molecule has 0 unspecified atom stereocenters. The quantitative estimate of drug-likeness (QED) is 0.502. The molecule has 0 bridgehead atoms. The summed E-state index contributed by atoms with van der Waals surface area (Å²) in [6.07, 6.45) is 1.76. The molecule has 0 radical (unpaired) electrons. The van der Waals surface area contributed by atoms with E-state index in [0.717, 1.165) is 36.9 Å². The van der Waals surface area contributed by atoms with Crippen LogP contribution >= 0.6 is 22.7 Å². The van der Waals surface area contributed by atoms with Crippen molar-refractivity contribution < 1.29 is 13.9 Å². The molecule has 0 spiro atoms. The molecule has 34 heavy (non-hydrogen) atoms. The molecular formula is C24H26N4O4S2. The summed E-state index contributed by atoms with van der Waals surface area (Å²) in [5, 5.41) is 1.94. The van der Waals surface area contributed by atoms with E-state index < -0.39 is 12.0 Å². The topological polar surface area (TPSA) is 80.3 Å². The third-order valence-electron chi connectivity index (χ3n) is 6.03. The number of aromatic nitrogens is 1. The smallest absolute Gasteiger partial charge is 0.338 e. The number of anilines is 1. The van der Waals surface area contributed by atoms with Crippen LogP contribution in [-0.2, 0) is 9.53 Å². The number of ether oxygens (including phenoxy) is 1. The average Bonchev–Trinajstić information content (AvgIpc) is 3.56. The molecule has 3 aromatic rings. The Balaban J connectivity index is 1.55. The number of hydrogen-bond acceptors (Lipinski definition) is 9. The van der Waals surface area contributed by atoms with Crippen LogP contribution in [0.15, 0.2) is 55.1 Å². The van der Waals surface area contributed by atoms with E-state index in [1.54, 1.807) is 24.5 Å². The van der Waals surface area contributed by atoms with Crippen molar-refractivity contribution in [1.29, 1.82) is 0 Å². The Labute approximate surface area is 204 Å². The van der Waals surface area contributed by atoms with E-state index in [2.05, 4.69) is 21.8 Å². The van der Waals surface area contributed by atoms with E-state index in [9.17, 15) is 9.59 Å². The van der Waals surface area contributed by atoms with Crippen LogP contribution in [0.25, 0.3) is 6.08 Å². The predicted molar refractivity (Wildman–Crippen MR) is 133 cm³/mol. The van der Waals surface area contributed by atoms with Crippen molar-refractivity contribution >= 4 is 40.6 Å². The monoisotopic (exact) mass is 498 g/mol. The fourth-order valence-corrected chi connectivity index (χ4v) is 6.10. The molecule has 10 heteroatoms. The largest absolute Gasteiger partial charge is 0.463 e. The van der Waals surface area contributed by atoms with Gasteiger partial charge in [-0.3, -0.25) is 9.36 Å². The minimum atomic E-state index is -0.560. The van der Waals surface area contributed by atoms with Gasteiger partial charge in [0.05, 0.1) is 22.4 Å². The van der Waals surface area contributed by atoms with Gasteiger partial charge in [-0.1, -0.05) is 17.4 Å². The zero-order valence-corrected chi connectivity index (χ0v) is 20.9. The van der Waals surface area contributed by atoms with Gasteiger partial charge in [0.25, 0.3) is 5.56 Å². The fourth-order valence-electron chi connectivity index (χ4n) is 4.25. The van der Waals surface area contributed by atoms with Crippen LogP contribution in [0.3, 0.4) is 0 Å². The van der Waals surface area contributed by atoms with Gasteiger partial charge in [-0.15, -0.1) is 11.3 Å². The van der Waals surface area contributed by atoms with E-state index in [1.807, 2.05) is 29.6 Å². The van der Waals surface area contributed by atoms with E-state index in [1.165, 1.54) is 22.7 Å². The maximum atomic E-state index is 13.6. The summed E-state index contributed by atoms with van der Waals surface area (Å²) in [6, 6.07) is 7.12. The zero-order valence-electron chi connectivity index (χ0n) is 19.3. The van der Waals surface area contributed by atoms with Crippen LogP contribution in [0.4, 0.5) is 5.88 Å². The zero-order chi connectivity index (χ0) is 23.8. The maximum absolute atomic E-state index is 13.6. The molecule has 1 fully saturated rings. The number of likely N-dealkylation sites (N-methyl/N-ethyl adjacent to an activating group) is 1. The molecule has 5 heterocycles. The Morgan fingerprint density at radius 1 is 1.26 bits per heavy atom. The number of thiophene rings is 1. The van der Waals surface area contributed by atoms with E-state index >= 15 is 0 Å². The number of carbonyl (C=O) groups is 1. The van der Waals surface area contributed by atoms with Crippen molar-refractivity contribution in [3.8, 4) is 0 Å². The number of fused-ring (bicyclic) bond motifs is 1. The molecule has 0 aromatic carbocycles. The lowest BCUT2D eigenvalue weighted by Gasteiger charge is -2.32. The highest BCUT2D eigenvalue weighted by Crippen LogP contribution is 2.33. The van der Waals surface area contributed by atoms with E-state index in [4.69, 9.17) is 9.15 Å². The maximum Gasteiger partial charge on any atom is 0.338 e.